The lowest BCUT2D eigenvalue weighted by Gasteiger charge is -2.16. The number of alkyl halides is 8. The van der Waals surface area contributed by atoms with E-state index >= 15 is 0 Å². The van der Waals surface area contributed by atoms with Crippen molar-refractivity contribution in [2.75, 3.05) is 11.1 Å². The van der Waals surface area contributed by atoms with Gasteiger partial charge in [-0.15, -0.1) is 0 Å². The predicted octanol–water partition coefficient (Wildman–Crippen LogP) is 5.56. The van der Waals surface area contributed by atoms with E-state index in [1.807, 2.05) is 5.32 Å². The number of carbonyl (C=O) groups is 1. The molecular formula is C18H15F8NO4S. The van der Waals surface area contributed by atoms with Gasteiger partial charge in [0, 0.05) is 12.5 Å². The summed E-state index contributed by atoms with van der Waals surface area (Å²) < 4.78 is 133. The molecule has 178 valence electrons. The maximum absolute atomic E-state index is 13.6. The number of benzene rings is 1. The van der Waals surface area contributed by atoms with Gasteiger partial charge in [0.2, 0.25) is 0 Å². The number of hydrogen-bond donors (Lipinski definition) is 1. The van der Waals surface area contributed by atoms with Gasteiger partial charge in [-0.25, -0.2) is 8.42 Å². The monoisotopic (exact) mass is 493 g/mol. The molecule has 0 bridgehead atoms. The maximum Gasteiger partial charge on any atom is 0.461 e. The van der Waals surface area contributed by atoms with E-state index < -0.39 is 73.0 Å². The topological polar surface area (TPSA) is 76.4 Å². The lowest BCUT2D eigenvalue weighted by Crippen LogP contribution is -2.33. The molecule has 0 unspecified atom stereocenters. The second kappa shape index (κ2) is 8.37. The van der Waals surface area contributed by atoms with Crippen molar-refractivity contribution in [1.82, 2.24) is 0 Å². The minimum absolute atomic E-state index is 0.225. The predicted molar refractivity (Wildman–Crippen MR) is 95.2 cm³/mol. The van der Waals surface area contributed by atoms with Gasteiger partial charge >= 0.3 is 18.3 Å². The van der Waals surface area contributed by atoms with E-state index in [4.69, 9.17) is 0 Å². The molecule has 2 rings (SSSR count). The summed E-state index contributed by atoms with van der Waals surface area (Å²) in [5.41, 5.74) is -2.73. The van der Waals surface area contributed by atoms with E-state index in [1.165, 1.54) is 6.92 Å². The van der Waals surface area contributed by atoms with Crippen LogP contribution in [0.2, 0.25) is 0 Å². The number of aryl methyl sites for hydroxylation is 1. The molecular weight excluding hydrogens is 478 g/mol. The number of halogens is 8. The third-order valence-corrected chi connectivity index (χ3v) is 6.08. The molecule has 0 saturated heterocycles. The molecule has 0 radical (unpaired) electrons. The molecule has 0 saturated carbocycles. The number of anilines is 1. The van der Waals surface area contributed by atoms with Crippen molar-refractivity contribution in [3.63, 3.8) is 0 Å². The Kier molecular flexibility index (Phi) is 6.70. The van der Waals surface area contributed by atoms with Crippen LogP contribution < -0.4 is 5.32 Å². The Bertz CT molecular complexity index is 1120. The maximum atomic E-state index is 13.6. The zero-order valence-electron chi connectivity index (χ0n) is 16.3. The first-order chi connectivity index (χ1) is 14.5. The van der Waals surface area contributed by atoms with Crippen LogP contribution in [0.15, 0.2) is 33.6 Å². The summed E-state index contributed by atoms with van der Waals surface area (Å²) in [5, 5.41) is 1.94. The highest BCUT2D eigenvalue weighted by atomic mass is 32.2. The highest BCUT2D eigenvalue weighted by molar-refractivity contribution is 7.91. The van der Waals surface area contributed by atoms with E-state index in [9.17, 15) is 48.3 Å². The number of carbonyl (C=O) groups excluding carboxylic acids is 1. The zero-order valence-corrected chi connectivity index (χ0v) is 17.1. The third kappa shape index (κ3) is 4.89. The van der Waals surface area contributed by atoms with Gasteiger partial charge in [0.1, 0.15) is 5.76 Å². The van der Waals surface area contributed by atoms with Crippen LogP contribution in [0.4, 0.5) is 40.8 Å². The highest BCUT2D eigenvalue weighted by Crippen LogP contribution is 2.46. The molecule has 2 aromatic rings. The largest absolute Gasteiger partial charge is 0.461 e. The molecule has 32 heavy (non-hydrogen) atoms. The minimum Gasteiger partial charge on any atom is -0.457 e. The zero-order chi connectivity index (χ0) is 24.7. The van der Waals surface area contributed by atoms with Gasteiger partial charge in [-0.2, -0.15) is 35.1 Å². The molecule has 0 aliphatic heterocycles. The molecule has 0 aliphatic rings. The third-order valence-electron chi connectivity index (χ3n) is 4.31. The Morgan fingerprint density at radius 2 is 1.59 bits per heavy atom. The fourth-order valence-electron chi connectivity index (χ4n) is 2.58. The number of rotatable bonds is 6. The molecule has 1 N–H and O–H groups in total. The molecule has 1 heterocycles. The SMILES string of the molecule is CCc1oc(C(F)(F)C(F)(F)F)cc1NC(=O)c1ccc(C(F)(F)F)cc1S(=O)(=O)CC. The Hall–Kier alpha value is -2.64. The molecule has 0 spiro atoms. The fraction of sp³-hybridized carbons (Fsp3) is 0.389. The summed E-state index contributed by atoms with van der Waals surface area (Å²) in [4.78, 5) is 11.6. The first-order valence-electron chi connectivity index (χ1n) is 8.78. The van der Waals surface area contributed by atoms with Crippen LogP contribution in [0.1, 0.15) is 41.3 Å². The van der Waals surface area contributed by atoms with E-state index in [-0.39, 0.29) is 18.6 Å². The molecule has 1 aromatic carbocycles. The smallest absolute Gasteiger partial charge is 0.457 e. The second-order valence-electron chi connectivity index (χ2n) is 6.44. The first-order valence-corrected chi connectivity index (χ1v) is 10.4. The number of sulfone groups is 1. The van der Waals surface area contributed by atoms with Crippen molar-refractivity contribution in [2.45, 2.75) is 43.4 Å². The lowest BCUT2D eigenvalue weighted by molar-refractivity contribution is -0.295. The van der Waals surface area contributed by atoms with Crippen molar-refractivity contribution in [1.29, 1.82) is 0 Å². The average Bonchev–Trinajstić information content (AvgIpc) is 3.09. The van der Waals surface area contributed by atoms with Gasteiger partial charge < -0.3 is 9.73 Å². The van der Waals surface area contributed by atoms with Gasteiger partial charge in [-0.3, -0.25) is 4.79 Å². The molecule has 5 nitrogen and oxygen atoms in total. The minimum atomic E-state index is -5.99. The van der Waals surface area contributed by atoms with Crippen LogP contribution in [-0.2, 0) is 28.4 Å². The molecule has 0 aliphatic carbocycles. The summed E-state index contributed by atoms with van der Waals surface area (Å²) in [6.45, 7) is 2.43. The summed E-state index contributed by atoms with van der Waals surface area (Å²) in [5.74, 6) is -9.69. The fourth-order valence-corrected chi connectivity index (χ4v) is 3.69. The standard InChI is InChI=1S/C18H15F8NO4S/c1-3-12-11(8-14(31-12)16(19,20)18(24,25)26)27-15(28)10-6-5-9(17(21,22)23)7-13(10)32(29,30)4-2/h5-8H,3-4H2,1-2H3,(H,27,28). The van der Waals surface area contributed by atoms with Crippen molar-refractivity contribution in [2.24, 2.45) is 0 Å². The molecule has 1 aromatic heterocycles. The Morgan fingerprint density at radius 1 is 1.00 bits per heavy atom. The van der Waals surface area contributed by atoms with Crippen molar-refractivity contribution in [3.05, 3.63) is 46.9 Å². The van der Waals surface area contributed by atoms with Crippen molar-refractivity contribution >= 4 is 21.4 Å². The van der Waals surface area contributed by atoms with Crippen LogP contribution in [0.5, 0.6) is 0 Å². The van der Waals surface area contributed by atoms with Crippen LogP contribution in [0.25, 0.3) is 0 Å². The number of nitrogens with one attached hydrogen (secondary N) is 1. The van der Waals surface area contributed by atoms with Gasteiger partial charge in [-0.05, 0) is 18.2 Å². The molecule has 14 heteroatoms. The van der Waals surface area contributed by atoms with Gasteiger partial charge in [0.05, 0.1) is 27.5 Å². The number of furan rings is 1. The highest BCUT2D eigenvalue weighted by Gasteiger charge is 2.61. The summed E-state index contributed by atoms with van der Waals surface area (Å²) in [6, 6.07) is 1.47. The second-order valence-corrected chi connectivity index (χ2v) is 8.69. The van der Waals surface area contributed by atoms with Crippen molar-refractivity contribution in [3.8, 4) is 0 Å². The molecule has 1 amide bonds. The van der Waals surface area contributed by atoms with Gasteiger partial charge in [-0.1, -0.05) is 13.8 Å². The first kappa shape index (κ1) is 25.6. The Morgan fingerprint density at radius 3 is 2.06 bits per heavy atom. The quantitative estimate of drug-likeness (QED) is 0.535. The summed E-state index contributed by atoms with van der Waals surface area (Å²) in [6.07, 6.45) is -11.2. The van der Waals surface area contributed by atoms with Crippen LogP contribution >= 0.6 is 0 Å². The van der Waals surface area contributed by atoms with Crippen LogP contribution in [-0.4, -0.2) is 26.3 Å². The summed E-state index contributed by atoms with van der Waals surface area (Å²) >= 11 is 0. The molecule has 0 fully saturated rings. The van der Waals surface area contributed by atoms with E-state index in [2.05, 4.69) is 4.42 Å². The van der Waals surface area contributed by atoms with Crippen LogP contribution in [0.3, 0.4) is 0 Å². The van der Waals surface area contributed by atoms with Gasteiger partial charge in [0.25, 0.3) is 5.91 Å². The van der Waals surface area contributed by atoms with Gasteiger partial charge in [0.15, 0.2) is 15.6 Å². The van der Waals surface area contributed by atoms with E-state index in [0.717, 1.165) is 6.92 Å². The lowest BCUT2D eigenvalue weighted by atomic mass is 10.1. The van der Waals surface area contributed by atoms with Crippen molar-refractivity contribution < 1.29 is 52.8 Å². The Balaban J connectivity index is 2.54. The summed E-state index contributed by atoms with van der Waals surface area (Å²) in [7, 11) is -4.36. The number of amides is 1. The van der Waals surface area contributed by atoms with E-state index in [1.54, 1.807) is 0 Å². The normalized spacial score (nSPS) is 13.3. The number of hydrogen-bond acceptors (Lipinski definition) is 4. The molecule has 0 atom stereocenters. The Labute approximate surface area is 176 Å². The van der Waals surface area contributed by atoms with Crippen LogP contribution in [0, 0.1) is 0 Å². The average molecular weight is 493 g/mol. The van der Waals surface area contributed by atoms with E-state index in [0.29, 0.717) is 12.1 Å².